The zero-order valence-electron chi connectivity index (χ0n) is 17.2. The average Bonchev–Trinajstić information content (AvgIpc) is 2.62. The summed E-state index contributed by atoms with van der Waals surface area (Å²) < 4.78 is 9.43. The number of carbonyl (C=O) groups excluding carboxylic acids is 1. The van der Waals surface area contributed by atoms with Crippen molar-refractivity contribution in [3.8, 4) is 23.0 Å². The van der Waals surface area contributed by atoms with Crippen LogP contribution in [0.25, 0.3) is 0 Å². The van der Waals surface area contributed by atoms with Crippen LogP contribution in [-0.2, 0) is 11.2 Å². The fourth-order valence-electron chi connectivity index (χ4n) is 4.61. The van der Waals surface area contributed by atoms with Gasteiger partial charge < -0.3 is 50.3 Å². The molecule has 0 radical (unpaired) electrons. The summed E-state index contributed by atoms with van der Waals surface area (Å²) in [5, 5.41) is 81.2. The number of hydrogen-bond acceptors (Lipinski definition) is 12. The van der Waals surface area contributed by atoms with Gasteiger partial charge in [-0.25, -0.2) is 0 Å². The number of phenolic OH excluding ortho intramolecular Hbond substituents is 2. The lowest BCUT2D eigenvalue weighted by atomic mass is 9.73. The summed E-state index contributed by atoms with van der Waals surface area (Å²) in [6, 6.07) is -1.58. The Balaban J connectivity index is 2.19. The molecule has 8 N–H and O–H groups in total. The van der Waals surface area contributed by atoms with Crippen LogP contribution in [0.1, 0.15) is 37.4 Å². The lowest BCUT2D eigenvalue weighted by Gasteiger charge is -2.52. The predicted molar refractivity (Wildman–Crippen MR) is 101 cm³/mol. The van der Waals surface area contributed by atoms with Gasteiger partial charge in [0, 0.05) is 24.2 Å². The molecule has 12 heteroatoms. The van der Waals surface area contributed by atoms with Crippen LogP contribution in [-0.4, -0.2) is 89.3 Å². The van der Waals surface area contributed by atoms with E-state index in [2.05, 4.69) is 4.74 Å². The van der Waals surface area contributed by atoms with E-state index in [9.17, 15) is 30.3 Å². The van der Waals surface area contributed by atoms with Crippen molar-refractivity contribution in [1.29, 1.82) is 0 Å². The topological polar surface area (TPSA) is 201 Å². The number of hydrogen-bond donors (Lipinski definition) is 8. The van der Waals surface area contributed by atoms with E-state index in [1.807, 2.05) is 0 Å². The van der Waals surface area contributed by atoms with Gasteiger partial charge in [0.2, 0.25) is 23.1 Å². The number of aromatic hydroxyl groups is 2. The molecule has 1 aromatic rings. The molecule has 1 fully saturated rings. The molecule has 174 valence electrons. The van der Waals surface area contributed by atoms with Gasteiger partial charge in [-0.2, -0.15) is 0 Å². The summed E-state index contributed by atoms with van der Waals surface area (Å²) in [5.41, 5.74) is -2.40. The van der Waals surface area contributed by atoms with E-state index < -0.39 is 52.4 Å². The van der Waals surface area contributed by atoms with E-state index in [1.165, 1.54) is 4.90 Å². The molecular formula is C19H27NO11. The Labute approximate surface area is 177 Å². The molecule has 0 aromatic heterocycles. The van der Waals surface area contributed by atoms with Crippen LogP contribution in [0.5, 0.6) is 23.0 Å². The molecule has 0 saturated carbocycles. The zero-order chi connectivity index (χ0) is 23.5. The van der Waals surface area contributed by atoms with Gasteiger partial charge in [-0.3, -0.25) is 9.69 Å². The molecule has 2 heterocycles. The maximum Gasteiger partial charge on any atom is 0.453 e. The lowest BCUT2D eigenvalue weighted by molar-refractivity contribution is -0.420. The van der Waals surface area contributed by atoms with Crippen LogP contribution in [0.4, 0.5) is 0 Å². The molecule has 0 aliphatic carbocycles. The minimum absolute atomic E-state index is 0.0110. The molecule has 3 rings (SSSR count). The van der Waals surface area contributed by atoms with E-state index in [-0.39, 0.29) is 43.0 Å². The molecule has 31 heavy (non-hydrogen) atoms. The second-order valence-electron chi connectivity index (χ2n) is 8.44. The number of carbonyl (C=O) groups is 1. The van der Waals surface area contributed by atoms with E-state index in [0.717, 1.165) is 7.11 Å². The van der Waals surface area contributed by atoms with Gasteiger partial charge >= 0.3 is 6.16 Å². The van der Waals surface area contributed by atoms with Gasteiger partial charge in [0.25, 0.3) is 0 Å². The number of ether oxygens (including phenoxy) is 2. The largest absolute Gasteiger partial charge is 0.504 e. The van der Waals surface area contributed by atoms with Gasteiger partial charge in [0.05, 0.1) is 7.11 Å². The van der Waals surface area contributed by atoms with Crippen molar-refractivity contribution in [1.82, 2.24) is 4.90 Å². The average molecular weight is 445 g/mol. The molecule has 2 unspecified atom stereocenters. The first-order valence-electron chi connectivity index (χ1n) is 9.61. The Bertz CT molecular complexity index is 892. The highest BCUT2D eigenvalue weighted by Crippen LogP contribution is 2.56. The maximum atomic E-state index is 12.9. The molecule has 0 spiro atoms. The van der Waals surface area contributed by atoms with Gasteiger partial charge in [-0.05, 0) is 18.8 Å². The molecule has 0 amide bonds. The van der Waals surface area contributed by atoms with Gasteiger partial charge in [0.15, 0.2) is 11.5 Å². The number of benzene rings is 1. The first-order chi connectivity index (χ1) is 14.1. The summed E-state index contributed by atoms with van der Waals surface area (Å²) in [6.07, 6.45) is -3.75. The molecule has 12 nitrogen and oxygen atoms in total. The van der Waals surface area contributed by atoms with Crippen molar-refractivity contribution in [3.05, 3.63) is 11.1 Å². The third-order valence-electron chi connectivity index (χ3n) is 5.58. The van der Waals surface area contributed by atoms with Crippen molar-refractivity contribution in [2.45, 2.75) is 50.3 Å². The van der Waals surface area contributed by atoms with E-state index in [4.69, 9.17) is 20.1 Å². The van der Waals surface area contributed by atoms with Crippen molar-refractivity contribution < 1.29 is 55.1 Å². The Kier molecular flexibility index (Phi) is 5.64. The fraction of sp³-hybridized carbons (Fsp3) is 0.632. The molecule has 2 aliphatic rings. The van der Waals surface area contributed by atoms with Crippen LogP contribution < -0.4 is 9.47 Å². The number of Topliss-reactive ketones (excluding diaryl/α,β-unsaturated/α-hetero) is 1. The normalized spacial score (nSPS) is 25.9. The smallest absolute Gasteiger partial charge is 0.453 e. The van der Waals surface area contributed by atoms with Crippen molar-refractivity contribution in [2.75, 3.05) is 20.2 Å². The third-order valence-corrected chi connectivity index (χ3v) is 5.58. The second-order valence-corrected chi connectivity index (χ2v) is 8.44. The Morgan fingerprint density at radius 2 is 1.74 bits per heavy atom. The lowest BCUT2D eigenvalue weighted by Crippen LogP contribution is -2.69. The van der Waals surface area contributed by atoms with Crippen LogP contribution in [0.2, 0.25) is 0 Å². The minimum atomic E-state index is -3.71. The number of methoxy groups -OCH3 is 1. The van der Waals surface area contributed by atoms with Crippen molar-refractivity contribution in [2.24, 2.45) is 5.92 Å². The molecule has 1 aromatic carbocycles. The van der Waals surface area contributed by atoms with Crippen LogP contribution in [0.15, 0.2) is 0 Å². The molecule has 2 aliphatic heterocycles. The van der Waals surface area contributed by atoms with E-state index in [0.29, 0.717) is 0 Å². The summed E-state index contributed by atoms with van der Waals surface area (Å²) in [7, 11) is 1.04. The highest BCUT2D eigenvalue weighted by molar-refractivity contribution is 5.95. The molecule has 0 bridgehead atoms. The highest BCUT2D eigenvalue weighted by Gasteiger charge is 2.62. The number of fused-ring (bicyclic) bond motifs is 3. The number of aliphatic hydroxyl groups is 6. The number of nitrogens with zero attached hydrogens (tertiary/aromatic N) is 1. The van der Waals surface area contributed by atoms with Crippen LogP contribution >= 0.6 is 0 Å². The molecule has 1 saturated heterocycles. The Morgan fingerprint density at radius 3 is 2.26 bits per heavy atom. The summed E-state index contributed by atoms with van der Waals surface area (Å²) >= 11 is 0. The number of phenols is 2. The van der Waals surface area contributed by atoms with Gasteiger partial charge in [0.1, 0.15) is 11.6 Å². The number of piperidine rings is 1. The number of rotatable bonds is 5. The van der Waals surface area contributed by atoms with Crippen molar-refractivity contribution >= 4 is 5.78 Å². The Morgan fingerprint density at radius 1 is 1.13 bits per heavy atom. The molecule has 2 atom stereocenters. The first-order valence-corrected chi connectivity index (χ1v) is 9.61. The van der Waals surface area contributed by atoms with Crippen molar-refractivity contribution in [3.63, 3.8) is 0 Å². The number of ketones is 1. The minimum Gasteiger partial charge on any atom is -0.504 e. The van der Waals surface area contributed by atoms with E-state index >= 15 is 0 Å². The third kappa shape index (κ3) is 3.80. The van der Waals surface area contributed by atoms with Crippen LogP contribution in [0.3, 0.4) is 0 Å². The quantitative estimate of drug-likeness (QED) is 0.184. The predicted octanol–water partition coefficient (Wildman–Crippen LogP) is -1.99. The van der Waals surface area contributed by atoms with E-state index in [1.54, 1.807) is 13.8 Å². The summed E-state index contributed by atoms with van der Waals surface area (Å²) in [6.45, 7) is 3.32. The summed E-state index contributed by atoms with van der Waals surface area (Å²) in [4.78, 5) is 14.3. The summed E-state index contributed by atoms with van der Waals surface area (Å²) in [5.74, 6) is -7.52. The van der Waals surface area contributed by atoms with Gasteiger partial charge in [-0.15, -0.1) is 0 Å². The first kappa shape index (κ1) is 23.5. The standard InChI is InChI=1S/C19H27NO11/c1-8(2)6-17(24)7-20-5-4-9-10(15(20)18(25,26)16(17)23)12(22)13(30-3)14(11(9)21)31-19(27,28)29/h8,15,21-22,24-29H,4-7H2,1-3H3. The van der Waals surface area contributed by atoms with Crippen LogP contribution in [0, 0.1) is 5.92 Å². The SMILES string of the molecule is COc1c(O)c2c(c(O)c1OC(O)(O)O)CCN1CC(O)(CC(C)C)C(=O)C(O)(O)C21. The maximum absolute atomic E-state index is 12.9. The monoisotopic (exact) mass is 445 g/mol. The second kappa shape index (κ2) is 7.45. The Hall–Kier alpha value is -2.19. The fourth-order valence-corrected chi connectivity index (χ4v) is 4.61. The highest BCUT2D eigenvalue weighted by atomic mass is 16.9. The zero-order valence-corrected chi connectivity index (χ0v) is 17.2. The molecular weight excluding hydrogens is 418 g/mol. The van der Waals surface area contributed by atoms with Gasteiger partial charge in [-0.1, -0.05) is 13.8 Å².